The summed E-state index contributed by atoms with van der Waals surface area (Å²) in [6, 6.07) is 12.8. The van der Waals surface area contributed by atoms with Crippen molar-refractivity contribution in [1.29, 1.82) is 0 Å². The number of nitrogens with one attached hydrogen (secondary N) is 1. The molecule has 0 bridgehead atoms. The van der Waals surface area contributed by atoms with Crippen LogP contribution in [0.25, 0.3) is 5.69 Å². The minimum atomic E-state index is -4.36. The van der Waals surface area contributed by atoms with E-state index in [4.69, 9.17) is 0 Å². The Bertz CT molecular complexity index is 900. The van der Waals surface area contributed by atoms with Gasteiger partial charge >= 0.3 is 6.18 Å². The van der Waals surface area contributed by atoms with Gasteiger partial charge in [0.05, 0.1) is 16.9 Å². The number of benzene rings is 2. The Labute approximate surface area is 154 Å². The van der Waals surface area contributed by atoms with E-state index in [9.17, 15) is 17.6 Å². The molecule has 2 atom stereocenters. The van der Waals surface area contributed by atoms with Crippen LogP contribution in [-0.4, -0.2) is 9.78 Å². The monoisotopic (exact) mass is 377 g/mol. The summed E-state index contributed by atoms with van der Waals surface area (Å²) in [7, 11) is 0. The van der Waals surface area contributed by atoms with Crippen molar-refractivity contribution in [3.05, 3.63) is 83.4 Å². The number of rotatable bonds is 5. The van der Waals surface area contributed by atoms with Gasteiger partial charge in [0.2, 0.25) is 0 Å². The zero-order valence-corrected chi connectivity index (χ0v) is 14.8. The van der Waals surface area contributed by atoms with Crippen LogP contribution in [0, 0.1) is 5.82 Å². The van der Waals surface area contributed by atoms with E-state index in [0.717, 1.165) is 23.4 Å². The lowest BCUT2D eigenvalue weighted by Gasteiger charge is -2.19. The quantitative estimate of drug-likeness (QED) is 0.600. The van der Waals surface area contributed by atoms with Crippen LogP contribution in [0.4, 0.5) is 17.6 Å². The van der Waals surface area contributed by atoms with E-state index in [2.05, 4.69) is 10.4 Å². The van der Waals surface area contributed by atoms with Crippen LogP contribution >= 0.6 is 0 Å². The van der Waals surface area contributed by atoms with Gasteiger partial charge in [-0.3, -0.25) is 0 Å². The summed E-state index contributed by atoms with van der Waals surface area (Å²) in [5, 5.41) is 7.78. The highest BCUT2D eigenvalue weighted by Crippen LogP contribution is 2.29. The van der Waals surface area contributed by atoms with E-state index in [0.29, 0.717) is 5.69 Å². The van der Waals surface area contributed by atoms with Crippen LogP contribution in [0.2, 0.25) is 0 Å². The third-order valence-corrected chi connectivity index (χ3v) is 4.36. The highest BCUT2D eigenvalue weighted by molar-refractivity contribution is 5.35. The van der Waals surface area contributed by atoms with Gasteiger partial charge in [0.25, 0.3) is 0 Å². The van der Waals surface area contributed by atoms with E-state index in [-0.39, 0.29) is 17.9 Å². The van der Waals surface area contributed by atoms with Crippen molar-refractivity contribution < 1.29 is 17.6 Å². The first-order valence-corrected chi connectivity index (χ1v) is 8.49. The molecule has 0 saturated heterocycles. The van der Waals surface area contributed by atoms with Gasteiger partial charge in [0.1, 0.15) is 5.82 Å². The lowest BCUT2D eigenvalue weighted by Crippen LogP contribution is -2.23. The Balaban J connectivity index is 1.71. The molecule has 0 aliphatic carbocycles. The summed E-state index contributed by atoms with van der Waals surface area (Å²) in [6.07, 6.45) is -2.66. The van der Waals surface area contributed by atoms with Crippen LogP contribution in [-0.2, 0) is 6.18 Å². The molecule has 1 heterocycles. The van der Waals surface area contributed by atoms with Crippen molar-refractivity contribution in [2.24, 2.45) is 0 Å². The number of alkyl halides is 3. The van der Waals surface area contributed by atoms with Gasteiger partial charge in [-0.1, -0.05) is 12.1 Å². The van der Waals surface area contributed by atoms with Gasteiger partial charge in [-0.25, -0.2) is 9.07 Å². The molecule has 27 heavy (non-hydrogen) atoms. The van der Waals surface area contributed by atoms with E-state index in [1.165, 1.54) is 28.9 Å². The molecule has 3 aromatic rings. The van der Waals surface area contributed by atoms with Crippen molar-refractivity contribution in [3.8, 4) is 5.69 Å². The zero-order valence-electron chi connectivity index (χ0n) is 14.8. The molecule has 0 amide bonds. The van der Waals surface area contributed by atoms with Crippen molar-refractivity contribution in [1.82, 2.24) is 15.1 Å². The molecule has 0 spiro atoms. The van der Waals surface area contributed by atoms with Crippen molar-refractivity contribution >= 4 is 0 Å². The van der Waals surface area contributed by atoms with Crippen LogP contribution in [0.3, 0.4) is 0 Å². The maximum Gasteiger partial charge on any atom is 0.416 e. The minimum absolute atomic E-state index is 0.0908. The molecule has 3 nitrogen and oxygen atoms in total. The fourth-order valence-electron chi connectivity index (χ4n) is 2.85. The lowest BCUT2D eigenvalue weighted by atomic mass is 10.1. The molecule has 3 rings (SSSR count). The van der Waals surface area contributed by atoms with Gasteiger partial charge in [0, 0.05) is 18.3 Å². The number of nitrogens with zero attached hydrogens (tertiary/aromatic N) is 2. The highest BCUT2D eigenvalue weighted by atomic mass is 19.4. The predicted molar refractivity (Wildman–Crippen MR) is 94.9 cm³/mol. The predicted octanol–water partition coefficient (Wildman–Crippen LogP) is 5.44. The second-order valence-corrected chi connectivity index (χ2v) is 6.39. The Kier molecular flexibility index (Phi) is 5.32. The van der Waals surface area contributed by atoms with Gasteiger partial charge < -0.3 is 5.32 Å². The average molecular weight is 377 g/mol. The van der Waals surface area contributed by atoms with E-state index >= 15 is 0 Å². The summed E-state index contributed by atoms with van der Waals surface area (Å²) in [5.74, 6) is -0.291. The largest absolute Gasteiger partial charge is 0.416 e. The van der Waals surface area contributed by atoms with E-state index in [1.54, 1.807) is 18.3 Å². The summed E-state index contributed by atoms with van der Waals surface area (Å²) in [4.78, 5) is 0. The van der Waals surface area contributed by atoms with Gasteiger partial charge in [0.15, 0.2) is 0 Å². The second kappa shape index (κ2) is 7.52. The molecule has 2 aromatic carbocycles. The minimum Gasteiger partial charge on any atom is -0.302 e. The summed E-state index contributed by atoms with van der Waals surface area (Å²) < 4.78 is 52.9. The molecule has 1 aromatic heterocycles. The second-order valence-electron chi connectivity index (χ2n) is 6.39. The van der Waals surface area contributed by atoms with Gasteiger partial charge in [-0.15, -0.1) is 0 Å². The molecule has 7 heteroatoms. The summed E-state index contributed by atoms with van der Waals surface area (Å²) in [5.41, 5.74) is 1.40. The Morgan fingerprint density at radius 3 is 2.30 bits per heavy atom. The third kappa shape index (κ3) is 4.54. The van der Waals surface area contributed by atoms with Crippen LogP contribution in [0.1, 0.15) is 42.8 Å². The maximum atomic E-state index is 13.4. The summed E-state index contributed by atoms with van der Waals surface area (Å²) >= 11 is 0. The average Bonchev–Trinajstić information content (AvgIpc) is 3.11. The molecular weight excluding hydrogens is 358 g/mol. The van der Waals surface area contributed by atoms with Crippen LogP contribution in [0.5, 0.6) is 0 Å². The first kappa shape index (κ1) is 19.1. The topological polar surface area (TPSA) is 29.9 Å². The molecule has 0 saturated carbocycles. The van der Waals surface area contributed by atoms with Gasteiger partial charge in [-0.05, 0) is 61.9 Å². The number of halogens is 4. The first-order valence-electron chi connectivity index (χ1n) is 8.49. The Morgan fingerprint density at radius 1 is 0.963 bits per heavy atom. The SMILES string of the molecule is C[C@@H](N[C@H](C)c1ccn(-c2ccc(C(F)(F)F)cc2)n1)c1cccc(F)c1. The number of aromatic nitrogens is 2. The third-order valence-electron chi connectivity index (χ3n) is 4.36. The molecule has 1 N–H and O–H groups in total. The number of hydrogen-bond donors (Lipinski definition) is 1. The molecule has 142 valence electrons. The first-order chi connectivity index (χ1) is 12.7. The highest BCUT2D eigenvalue weighted by Gasteiger charge is 2.30. The fourth-order valence-corrected chi connectivity index (χ4v) is 2.85. The maximum absolute atomic E-state index is 13.4. The molecule has 0 fully saturated rings. The molecular formula is C20H19F4N3. The zero-order chi connectivity index (χ0) is 19.6. The standard InChI is InChI=1S/C20H19F4N3/c1-13(15-4-3-5-17(21)12-15)25-14(2)19-10-11-27(26-19)18-8-6-16(7-9-18)20(22,23)24/h3-14,25H,1-2H3/t13-,14-/m1/s1. The fraction of sp³-hybridized carbons (Fsp3) is 0.250. The molecule has 0 aliphatic heterocycles. The smallest absolute Gasteiger partial charge is 0.302 e. The van der Waals surface area contributed by atoms with E-state index in [1.807, 2.05) is 19.9 Å². The molecule has 0 unspecified atom stereocenters. The molecule has 0 aliphatic rings. The van der Waals surface area contributed by atoms with Gasteiger partial charge in [-0.2, -0.15) is 18.3 Å². The van der Waals surface area contributed by atoms with Crippen molar-refractivity contribution in [2.75, 3.05) is 0 Å². The van der Waals surface area contributed by atoms with Crippen molar-refractivity contribution in [3.63, 3.8) is 0 Å². The summed E-state index contributed by atoms with van der Waals surface area (Å²) in [6.45, 7) is 3.85. The normalized spacial score (nSPS) is 14.1. The number of hydrogen-bond acceptors (Lipinski definition) is 2. The molecule has 0 radical (unpaired) electrons. The van der Waals surface area contributed by atoms with Crippen molar-refractivity contribution in [2.45, 2.75) is 32.1 Å². The Hall–Kier alpha value is -2.67. The van der Waals surface area contributed by atoms with E-state index < -0.39 is 11.7 Å². The Morgan fingerprint density at radius 2 is 1.67 bits per heavy atom. The van der Waals surface area contributed by atoms with Crippen LogP contribution in [0.15, 0.2) is 60.8 Å². The lowest BCUT2D eigenvalue weighted by molar-refractivity contribution is -0.137. The van der Waals surface area contributed by atoms with Crippen LogP contribution < -0.4 is 5.32 Å².